The Labute approximate surface area is 84.6 Å². The Morgan fingerprint density at radius 3 is 2.46 bits per heavy atom. The maximum absolute atomic E-state index is 11.5. The van der Waals surface area contributed by atoms with Gasteiger partial charge in [0.25, 0.3) is 0 Å². The molecule has 0 saturated carbocycles. The first-order valence-electron chi connectivity index (χ1n) is 4.76. The van der Waals surface area contributed by atoms with Crippen LogP contribution in [0.5, 0.6) is 0 Å². The number of piperazine rings is 1. The van der Waals surface area contributed by atoms with Crippen molar-refractivity contribution in [3.63, 3.8) is 0 Å². The van der Waals surface area contributed by atoms with Gasteiger partial charge < -0.3 is 9.80 Å². The third-order valence-electron chi connectivity index (χ3n) is 2.38. The number of nitrogens with zero attached hydrogens (tertiary/aromatic N) is 2. The van der Waals surface area contributed by atoms with E-state index in [1.807, 2.05) is 4.90 Å². The first-order valence-corrected chi connectivity index (χ1v) is 5.30. The molecule has 0 aliphatic carbocycles. The van der Waals surface area contributed by atoms with Crippen LogP contribution >= 0.6 is 11.6 Å². The Balaban J connectivity index is 2.23. The first-order chi connectivity index (χ1) is 6.24. The van der Waals surface area contributed by atoms with Gasteiger partial charge >= 0.3 is 0 Å². The zero-order chi connectivity index (χ0) is 9.68. The molecular formula is C9H17ClN2O. The smallest absolute Gasteiger partial charge is 0.222 e. The number of carbonyl (C=O) groups is 1. The van der Waals surface area contributed by atoms with Crippen molar-refractivity contribution in [2.75, 3.05) is 39.1 Å². The van der Waals surface area contributed by atoms with Gasteiger partial charge in [0.1, 0.15) is 0 Å². The number of rotatable bonds is 3. The molecule has 0 aromatic carbocycles. The second-order valence-electron chi connectivity index (χ2n) is 3.48. The fourth-order valence-electron chi connectivity index (χ4n) is 1.43. The highest BCUT2D eigenvalue weighted by Gasteiger charge is 2.17. The lowest BCUT2D eigenvalue weighted by Gasteiger charge is -2.32. The highest BCUT2D eigenvalue weighted by Crippen LogP contribution is 2.03. The van der Waals surface area contributed by atoms with Crippen LogP contribution in [0.1, 0.15) is 12.8 Å². The van der Waals surface area contributed by atoms with Crippen LogP contribution in [0.25, 0.3) is 0 Å². The molecule has 13 heavy (non-hydrogen) atoms. The van der Waals surface area contributed by atoms with Crippen LogP contribution in [0.15, 0.2) is 0 Å². The Morgan fingerprint density at radius 2 is 1.92 bits per heavy atom. The largest absolute Gasteiger partial charge is 0.340 e. The number of hydrogen-bond acceptors (Lipinski definition) is 2. The van der Waals surface area contributed by atoms with E-state index in [-0.39, 0.29) is 5.91 Å². The molecule has 0 radical (unpaired) electrons. The van der Waals surface area contributed by atoms with E-state index < -0.39 is 0 Å². The lowest BCUT2D eigenvalue weighted by Crippen LogP contribution is -2.47. The molecule has 0 N–H and O–H groups in total. The topological polar surface area (TPSA) is 23.6 Å². The van der Waals surface area contributed by atoms with Gasteiger partial charge in [-0.25, -0.2) is 0 Å². The number of amides is 1. The standard InChI is InChI=1S/C9H17ClN2O/c1-11-5-7-12(8-6-11)9(13)3-2-4-10/h2-8H2,1H3. The Kier molecular flexibility index (Phi) is 4.53. The Hall–Kier alpha value is -0.280. The summed E-state index contributed by atoms with van der Waals surface area (Å²) in [5.74, 6) is 0.841. The van der Waals surface area contributed by atoms with E-state index in [9.17, 15) is 4.79 Å². The highest BCUT2D eigenvalue weighted by atomic mass is 35.5. The lowest BCUT2D eigenvalue weighted by molar-refractivity contribution is -0.132. The summed E-state index contributed by atoms with van der Waals surface area (Å²) < 4.78 is 0. The van der Waals surface area contributed by atoms with Gasteiger partial charge in [-0.2, -0.15) is 0 Å². The molecular weight excluding hydrogens is 188 g/mol. The zero-order valence-electron chi connectivity index (χ0n) is 8.13. The van der Waals surface area contributed by atoms with Crippen LogP contribution < -0.4 is 0 Å². The van der Waals surface area contributed by atoms with E-state index in [4.69, 9.17) is 11.6 Å². The van der Waals surface area contributed by atoms with Crippen molar-refractivity contribution in [3.8, 4) is 0 Å². The maximum Gasteiger partial charge on any atom is 0.222 e. The summed E-state index contributed by atoms with van der Waals surface area (Å²) in [6, 6.07) is 0. The number of likely N-dealkylation sites (N-methyl/N-ethyl adjacent to an activating group) is 1. The van der Waals surface area contributed by atoms with Gasteiger partial charge in [-0.3, -0.25) is 4.79 Å². The van der Waals surface area contributed by atoms with Gasteiger partial charge in [0, 0.05) is 38.5 Å². The van der Waals surface area contributed by atoms with Crippen LogP contribution in [-0.2, 0) is 4.79 Å². The summed E-state index contributed by atoms with van der Waals surface area (Å²) in [6.45, 7) is 3.73. The molecule has 0 bridgehead atoms. The molecule has 0 spiro atoms. The minimum atomic E-state index is 0.258. The Morgan fingerprint density at radius 1 is 1.31 bits per heavy atom. The number of alkyl halides is 1. The fourth-order valence-corrected chi connectivity index (χ4v) is 1.57. The number of hydrogen-bond donors (Lipinski definition) is 0. The van der Waals surface area contributed by atoms with Crippen molar-refractivity contribution in [2.24, 2.45) is 0 Å². The molecule has 76 valence electrons. The highest BCUT2D eigenvalue weighted by molar-refractivity contribution is 6.17. The molecule has 1 heterocycles. The summed E-state index contributed by atoms with van der Waals surface area (Å²) >= 11 is 5.53. The van der Waals surface area contributed by atoms with Crippen molar-refractivity contribution < 1.29 is 4.79 Å². The summed E-state index contributed by atoms with van der Waals surface area (Å²) in [6.07, 6.45) is 1.40. The predicted octanol–water partition coefficient (Wildman–Crippen LogP) is 0.779. The third kappa shape index (κ3) is 3.53. The molecule has 0 atom stereocenters. The van der Waals surface area contributed by atoms with E-state index in [1.165, 1.54) is 0 Å². The molecule has 3 nitrogen and oxygen atoms in total. The quantitative estimate of drug-likeness (QED) is 0.635. The normalized spacial score (nSPS) is 19.1. The molecule has 1 aliphatic rings. The van der Waals surface area contributed by atoms with Crippen LogP contribution in [0.3, 0.4) is 0 Å². The minimum absolute atomic E-state index is 0.258. The van der Waals surface area contributed by atoms with E-state index in [0.717, 1.165) is 32.6 Å². The second kappa shape index (κ2) is 5.45. The van der Waals surface area contributed by atoms with E-state index in [2.05, 4.69) is 11.9 Å². The van der Waals surface area contributed by atoms with Crippen LogP contribution in [0.2, 0.25) is 0 Å². The van der Waals surface area contributed by atoms with E-state index in [0.29, 0.717) is 12.3 Å². The average molecular weight is 205 g/mol. The van der Waals surface area contributed by atoms with Crippen molar-refractivity contribution in [2.45, 2.75) is 12.8 Å². The summed E-state index contributed by atoms with van der Waals surface area (Å²) in [7, 11) is 2.08. The summed E-state index contributed by atoms with van der Waals surface area (Å²) in [5.41, 5.74) is 0. The molecule has 1 saturated heterocycles. The lowest BCUT2D eigenvalue weighted by atomic mass is 10.2. The van der Waals surface area contributed by atoms with Crippen molar-refractivity contribution in [3.05, 3.63) is 0 Å². The van der Waals surface area contributed by atoms with Gasteiger partial charge in [-0.15, -0.1) is 11.6 Å². The molecule has 1 amide bonds. The van der Waals surface area contributed by atoms with Gasteiger partial charge in [0.05, 0.1) is 0 Å². The molecule has 0 aromatic heterocycles. The average Bonchev–Trinajstić information content (AvgIpc) is 2.15. The van der Waals surface area contributed by atoms with Crippen molar-refractivity contribution >= 4 is 17.5 Å². The molecule has 1 rings (SSSR count). The first kappa shape index (κ1) is 10.8. The number of halogens is 1. The second-order valence-corrected chi connectivity index (χ2v) is 3.85. The van der Waals surface area contributed by atoms with Crippen LogP contribution in [-0.4, -0.2) is 54.8 Å². The maximum atomic E-state index is 11.5. The van der Waals surface area contributed by atoms with Crippen LogP contribution in [0, 0.1) is 0 Å². The monoisotopic (exact) mass is 204 g/mol. The summed E-state index contributed by atoms with van der Waals surface area (Å²) in [5, 5.41) is 0. The van der Waals surface area contributed by atoms with Gasteiger partial charge in [-0.05, 0) is 13.5 Å². The van der Waals surface area contributed by atoms with Crippen molar-refractivity contribution in [1.82, 2.24) is 9.80 Å². The summed E-state index contributed by atoms with van der Waals surface area (Å²) in [4.78, 5) is 15.7. The van der Waals surface area contributed by atoms with Crippen LogP contribution in [0.4, 0.5) is 0 Å². The Bertz CT molecular complexity index is 167. The van der Waals surface area contributed by atoms with Gasteiger partial charge in [-0.1, -0.05) is 0 Å². The minimum Gasteiger partial charge on any atom is -0.340 e. The zero-order valence-corrected chi connectivity index (χ0v) is 8.89. The van der Waals surface area contributed by atoms with E-state index in [1.54, 1.807) is 0 Å². The molecule has 0 aromatic rings. The van der Waals surface area contributed by atoms with Gasteiger partial charge in [0.15, 0.2) is 0 Å². The van der Waals surface area contributed by atoms with Gasteiger partial charge in [0.2, 0.25) is 5.91 Å². The van der Waals surface area contributed by atoms with E-state index >= 15 is 0 Å². The van der Waals surface area contributed by atoms with Crippen molar-refractivity contribution in [1.29, 1.82) is 0 Å². The third-order valence-corrected chi connectivity index (χ3v) is 2.65. The number of carbonyl (C=O) groups excluding carboxylic acids is 1. The molecule has 4 heteroatoms. The molecule has 0 unspecified atom stereocenters. The SMILES string of the molecule is CN1CCN(C(=O)CCCCl)CC1. The fraction of sp³-hybridized carbons (Fsp3) is 0.889. The molecule has 1 fully saturated rings. The molecule has 1 aliphatic heterocycles. The predicted molar refractivity (Wildman–Crippen MR) is 54.0 cm³/mol.